The average molecular weight is 282 g/mol. The molecular formula is C16H18N4O. The fourth-order valence-corrected chi connectivity index (χ4v) is 2.85. The van der Waals surface area contributed by atoms with E-state index >= 15 is 0 Å². The summed E-state index contributed by atoms with van der Waals surface area (Å²) in [7, 11) is 0. The molecule has 1 atom stereocenters. The van der Waals surface area contributed by atoms with Gasteiger partial charge in [-0.25, -0.2) is 0 Å². The van der Waals surface area contributed by atoms with Gasteiger partial charge in [-0.05, 0) is 42.5 Å². The minimum atomic E-state index is -0.560. The summed E-state index contributed by atoms with van der Waals surface area (Å²) in [6.45, 7) is 0.821. The minimum absolute atomic E-state index is 0.184. The highest BCUT2D eigenvalue weighted by molar-refractivity contribution is 5.90. The lowest BCUT2D eigenvalue weighted by Gasteiger charge is -2.25. The smallest absolute Gasteiger partial charge is 0.269 e. The van der Waals surface area contributed by atoms with Gasteiger partial charge in [0.25, 0.3) is 5.91 Å². The molecule has 0 aliphatic heterocycles. The summed E-state index contributed by atoms with van der Waals surface area (Å²) in [6.07, 6.45) is 3.56. The molecule has 1 aromatic heterocycles. The largest absolute Gasteiger partial charge is 0.368 e. The predicted octanol–water partition coefficient (Wildman–Crippen LogP) is 2.11. The van der Waals surface area contributed by atoms with Crippen molar-refractivity contribution in [2.75, 3.05) is 11.9 Å². The first-order valence-electron chi connectivity index (χ1n) is 7.19. The number of nitrogens with zero attached hydrogens (tertiary/aromatic N) is 2. The van der Waals surface area contributed by atoms with Gasteiger partial charge in [0.15, 0.2) is 5.69 Å². The van der Waals surface area contributed by atoms with Crippen LogP contribution in [0.2, 0.25) is 0 Å². The van der Waals surface area contributed by atoms with Gasteiger partial charge >= 0.3 is 0 Å². The number of hydrogen-bond acceptors (Lipinski definition) is 4. The third-order valence-corrected chi connectivity index (χ3v) is 3.94. The van der Waals surface area contributed by atoms with E-state index in [1.807, 2.05) is 0 Å². The maximum absolute atomic E-state index is 11.0. The van der Waals surface area contributed by atoms with Crippen molar-refractivity contribution in [1.29, 1.82) is 0 Å². The molecule has 0 radical (unpaired) electrons. The van der Waals surface area contributed by atoms with E-state index in [1.54, 1.807) is 12.1 Å². The molecule has 1 aromatic carbocycles. The number of aromatic nitrogens is 2. The maximum atomic E-state index is 11.0. The van der Waals surface area contributed by atoms with Crippen LogP contribution in [0.1, 0.15) is 40.4 Å². The van der Waals surface area contributed by atoms with E-state index in [0.29, 0.717) is 11.7 Å². The first-order valence-corrected chi connectivity index (χ1v) is 7.19. The van der Waals surface area contributed by atoms with E-state index in [9.17, 15) is 4.79 Å². The number of primary amides is 1. The molecule has 0 spiro atoms. The van der Waals surface area contributed by atoms with Gasteiger partial charge in [0, 0.05) is 12.5 Å². The van der Waals surface area contributed by atoms with Crippen LogP contribution in [0, 0.1) is 0 Å². The molecule has 1 unspecified atom stereocenters. The highest BCUT2D eigenvalue weighted by atomic mass is 16.1. The Bertz CT molecular complexity index is 639. The Kier molecular flexibility index (Phi) is 3.81. The molecule has 0 saturated heterocycles. The molecule has 2 aromatic rings. The fourth-order valence-electron chi connectivity index (χ4n) is 2.85. The van der Waals surface area contributed by atoms with Crippen LogP contribution in [0.4, 0.5) is 5.82 Å². The average Bonchev–Trinajstić information content (AvgIpc) is 2.53. The number of hydrogen-bond donors (Lipinski definition) is 2. The van der Waals surface area contributed by atoms with E-state index in [-0.39, 0.29) is 5.69 Å². The molecule has 1 aliphatic rings. The Balaban J connectivity index is 1.67. The highest BCUT2D eigenvalue weighted by Crippen LogP contribution is 2.31. The van der Waals surface area contributed by atoms with Crippen molar-refractivity contribution >= 4 is 11.7 Å². The molecule has 0 saturated carbocycles. The second-order valence-electron chi connectivity index (χ2n) is 5.34. The van der Waals surface area contributed by atoms with E-state index in [2.05, 4.69) is 39.8 Å². The van der Waals surface area contributed by atoms with Crippen LogP contribution in [-0.2, 0) is 6.42 Å². The van der Waals surface area contributed by atoms with Crippen molar-refractivity contribution in [3.05, 3.63) is 53.2 Å². The van der Waals surface area contributed by atoms with Crippen molar-refractivity contribution in [3.63, 3.8) is 0 Å². The predicted molar refractivity (Wildman–Crippen MR) is 81.2 cm³/mol. The molecule has 0 bridgehead atoms. The van der Waals surface area contributed by atoms with Crippen LogP contribution in [-0.4, -0.2) is 22.6 Å². The van der Waals surface area contributed by atoms with Crippen molar-refractivity contribution in [1.82, 2.24) is 10.2 Å². The number of nitrogens with two attached hydrogens (primary N) is 1. The lowest BCUT2D eigenvalue weighted by atomic mass is 9.83. The van der Waals surface area contributed by atoms with Crippen LogP contribution >= 0.6 is 0 Å². The van der Waals surface area contributed by atoms with Gasteiger partial charge in [-0.2, -0.15) is 0 Å². The van der Waals surface area contributed by atoms with Crippen LogP contribution in [0.15, 0.2) is 36.4 Å². The standard InChI is InChI=1S/C16H18N4O/c17-16(21)14-8-9-15(20-19-14)18-10-12-6-3-5-11-4-1-2-7-13(11)12/h1-2,4,7-9,12H,3,5-6,10H2,(H2,17,21)(H,18,20). The summed E-state index contributed by atoms with van der Waals surface area (Å²) in [4.78, 5) is 11.0. The molecule has 3 rings (SSSR count). The summed E-state index contributed by atoms with van der Waals surface area (Å²) >= 11 is 0. The number of benzene rings is 1. The van der Waals surface area contributed by atoms with E-state index in [4.69, 9.17) is 5.73 Å². The van der Waals surface area contributed by atoms with Crippen molar-refractivity contribution in [3.8, 4) is 0 Å². The third-order valence-electron chi connectivity index (χ3n) is 3.94. The van der Waals surface area contributed by atoms with Crippen molar-refractivity contribution < 1.29 is 4.79 Å². The van der Waals surface area contributed by atoms with Crippen LogP contribution in [0.3, 0.4) is 0 Å². The molecule has 5 nitrogen and oxygen atoms in total. The number of nitrogens with one attached hydrogen (secondary N) is 1. The van der Waals surface area contributed by atoms with Gasteiger partial charge in [-0.3, -0.25) is 4.79 Å². The fraction of sp³-hybridized carbons (Fsp3) is 0.312. The molecule has 5 heteroatoms. The Morgan fingerprint density at radius 2 is 2.10 bits per heavy atom. The SMILES string of the molecule is NC(=O)c1ccc(NCC2CCCc3ccccc32)nn1. The van der Waals surface area contributed by atoms with Gasteiger partial charge in [0.1, 0.15) is 5.82 Å². The lowest BCUT2D eigenvalue weighted by molar-refractivity contribution is 0.0994. The number of aryl methyl sites for hydroxylation is 1. The zero-order valence-electron chi connectivity index (χ0n) is 11.7. The Morgan fingerprint density at radius 3 is 2.86 bits per heavy atom. The van der Waals surface area contributed by atoms with Crippen molar-refractivity contribution in [2.45, 2.75) is 25.2 Å². The monoisotopic (exact) mass is 282 g/mol. The molecule has 1 amide bonds. The van der Waals surface area contributed by atoms with Crippen LogP contribution in [0.25, 0.3) is 0 Å². The number of rotatable bonds is 4. The lowest BCUT2D eigenvalue weighted by Crippen LogP contribution is -2.19. The van der Waals surface area contributed by atoms with Crippen LogP contribution < -0.4 is 11.1 Å². The summed E-state index contributed by atoms with van der Waals surface area (Å²) in [5, 5.41) is 11.1. The molecular weight excluding hydrogens is 264 g/mol. The van der Waals surface area contributed by atoms with E-state index in [1.165, 1.54) is 30.4 Å². The summed E-state index contributed by atoms with van der Waals surface area (Å²) < 4.78 is 0. The topological polar surface area (TPSA) is 80.9 Å². The number of fused-ring (bicyclic) bond motifs is 1. The Labute approximate surface area is 123 Å². The first kappa shape index (κ1) is 13.5. The first-order chi connectivity index (χ1) is 10.2. The van der Waals surface area contributed by atoms with Crippen LogP contribution in [0.5, 0.6) is 0 Å². The van der Waals surface area contributed by atoms with Gasteiger partial charge in [0.2, 0.25) is 0 Å². The zero-order valence-corrected chi connectivity index (χ0v) is 11.7. The van der Waals surface area contributed by atoms with Gasteiger partial charge < -0.3 is 11.1 Å². The van der Waals surface area contributed by atoms with Gasteiger partial charge in [-0.1, -0.05) is 24.3 Å². The maximum Gasteiger partial charge on any atom is 0.269 e. The second kappa shape index (κ2) is 5.91. The highest BCUT2D eigenvalue weighted by Gasteiger charge is 2.19. The zero-order chi connectivity index (χ0) is 14.7. The van der Waals surface area contributed by atoms with E-state index in [0.717, 1.165) is 6.54 Å². The molecule has 0 fully saturated rings. The number of amides is 1. The Morgan fingerprint density at radius 1 is 1.24 bits per heavy atom. The molecule has 21 heavy (non-hydrogen) atoms. The van der Waals surface area contributed by atoms with E-state index < -0.39 is 5.91 Å². The van der Waals surface area contributed by atoms with Gasteiger partial charge in [0.05, 0.1) is 0 Å². The minimum Gasteiger partial charge on any atom is -0.368 e. The summed E-state index contributed by atoms with van der Waals surface area (Å²) in [6, 6.07) is 11.9. The molecule has 1 aliphatic carbocycles. The summed E-state index contributed by atoms with van der Waals surface area (Å²) in [5.41, 5.74) is 8.21. The normalized spacial score (nSPS) is 17.0. The summed E-state index contributed by atoms with van der Waals surface area (Å²) in [5.74, 6) is 0.603. The number of carbonyl (C=O) groups excluding carboxylic acids is 1. The third kappa shape index (κ3) is 3.02. The number of anilines is 1. The van der Waals surface area contributed by atoms with Crippen molar-refractivity contribution in [2.24, 2.45) is 5.73 Å². The quantitative estimate of drug-likeness (QED) is 0.900. The molecule has 108 valence electrons. The van der Waals surface area contributed by atoms with Gasteiger partial charge in [-0.15, -0.1) is 10.2 Å². The second-order valence-corrected chi connectivity index (χ2v) is 5.34. The molecule has 3 N–H and O–H groups in total. The molecule has 1 heterocycles. The number of carbonyl (C=O) groups is 1. The Hall–Kier alpha value is -2.43.